The molecule has 0 aliphatic rings. The van der Waals surface area contributed by atoms with Crippen LogP contribution in [0.15, 0.2) is 42.5 Å². The fourth-order valence-corrected chi connectivity index (χ4v) is 2.04. The van der Waals surface area contributed by atoms with Crippen LogP contribution in [-0.4, -0.2) is 25.6 Å². The number of nitrogen functional groups attached to an aromatic ring is 1. The molecule has 6 heteroatoms. The van der Waals surface area contributed by atoms with Crippen molar-refractivity contribution in [2.75, 3.05) is 24.8 Å². The van der Waals surface area contributed by atoms with Crippen LogP contribution in [0.1, 0.15) is 34.1 Å². The Hall–Kier alpha value is -3.02. The molecule has 24 heavy (non-hydrogen) atoms. The van der Waals surface area contributed by atoms with Crippen LogP contribution in [0, 0.1) is 0 Å². The molecule has 0 fully saturated rings. The lowest BCUT2D eigenvalue weighted by Gasteiger charge is -2.10. The number of amides is 1. The minimum absolute atomic E-state index is 0.297. The second-order valence-electron chi connectivity index (χ2n) is 5.12. The third-order valence-corrected chi connectivity index (χ3v) is 3.30. The molecule has 126 valence electrons. The van der Waals surface area contributed by atoms with Gasteiger partial charge in [0.15, 0.2) is 0 Å². The molecule has 0 aliphatic carbocycles. The number of methoxy groups -OCH3 is 1. The zero-order valence-electron chi connectivity index (χ0n) is 13.7. The number of carbonyl (C=O) groups excluding carboxylic acids is 2. The molecule has 2 rings (SSSR count). The van der Waals surface area contributed by atoms with Crippen LogP contribution in [0.25, 0.3) is 0 Å². The van der Waals surface area contributed by atoms with Gasteiger partial charge in [0.25, 0.3) is 5.91 Å². The number of esters is 1. The van der Waals surface area contributed by atoms with Crippen LogP contribution in [0.2, 0.25) is 0 Å². The monoisotopic (exact) mass is 328 g/mol. The second-order valence-corrected chi connectivity index (χ2v) is 5.12. The Morgan fingerprint density at radius 2 is 1.75 bits per heavy atom. The highest BCUT2D eigenvalue weighted by molar-refractivity contribution is 6.05. The van der Waals surface area contributed by atoms with Crippen LogP contribution in [-0.2, 0) is 4.74 Å². The summed E-state index contributed by atoms with van der Waals surface area (Å²) in [5.74, 6) is -0.159. The lowest BCUT2D eigenvalue weighted by molar-refractivity contribution is 0.0600. The SMILES string of the molecule is CCCOc1ccc(C(=O)Nc2ccc(C(=O)OC)cc2)cc1N. The molecule has 2 aromatic rings. The maximum absolute atomic E-state index is 12.3. The lowest BCUT2D eigenvalue weighted by atomic mass is 10.1. The molecule has 0 bridgehead atoms. The minimum atomic E-state index is -0.427. The van der Waals surface area contributed by atoms with Crippen LogP contribution in [0.4, 0.5) is 11.4 Å². The van der Waals surface area contributed by atoms with Gasteiger partial charge < -0.3 is 20.5 Å². The Balaban J connectivity index is 2.06. The average Bonchev–Trinajstić information content (AvgIpc) is 2.60. The summed E-state index contributed by atoms with van der Waals surface area (Å²) < 4.78 is 10.1. The summed E-state index contributed by atoms with van der Waals surface area (Å²) in [6, 6.07) is 11.3. The van der Waals surface area contributed by atoms with Gasteiger partial charge in [-0.15, -0.1) is 0 Å². The molecule has 0 spiro atoms. The number of benzene rings is 2. The number of nitrogens with two attached hydrogens (primary N) is 1. The van der Waals surface area contributed by atoms with E-state index in [0.717, 1.165) is 6.42 Å². The first kappa shape index (κ1) is 17.3. The fraction of sp³-hybridized carbons (Fsp3) is 0.222. The van der Waals surface area contributed by atoms with Crippen LogP contribution >= 0.6 is 0 Å². The summed E-state index contributed by atoms with van der Waals surface area (Å²) in [4.78, 5) is 23.6. The van der Waals surface area contributed by atoms with Crippen molar-refractivity contribution in [2.45, 2.75) is 13.3 Å². The van der Waals surface area contributed by atoms with Crippen molar-refractivity contribution in [2.24, 2.45) is 0 Å². The largest absolute Gasteiger partial charge is 0.491 e. The first-order valence-corrected chi connectivity index (χ1v) is 7.57. The van der Waals surface area contributed by atoms with E-state index in [2.05, 4.69) is 10.1 Å². The van der Waals surface area contributed by atoms with Crippen molar-refractivity contribution in [1.29, 1.82) is 0 Å². The number of hydrogen-bond donors (Lipinski definition) is 2. The van der Waals surface area contributed by atoms with Crippen molar-refractivity contribution in [3.05, 3.63) is 53.6 Å². The molecule has 0 radical (unpaired) electrons. The molecular weight excluding hydrogens is 308 g/mol. The molecule has 0 saturated carbocycles. The molecule has 0 saturated heterocycles. The van der Waals surface area contributed by atoms with E-state index in [1.54, 1.807) is 42.5 Å². The van der Waals surface area contributed by atoms with Gasteiger partial charge in [0.2, 0.25) is 0 Å². The molecule has 2 aromatic carbocycles. The predicted molar refractivity (Wildman–Crippen MR) is 92.4 cm³/mol. The van der Waals surface area contributed by atoms with Crippen LogP contribution in [0.3, 0.4) is 0 Å². The van der Waals surface area contributed by atoms with E-state index in [-0.39, 0.29) is 5.91 Å². The Morgan fingerprint density at radius 3 is 2.33 bits per heavy atom. The summed E-state index contributed by atoms with van der Waals surface area (Å²) in [6.45, 7) is 2.58. The van der Waals surface area contributed by atoms with E-state index in [1.165, 1.54) is 7.11 Å². The highest BCUT2D eigenvalue weighted by atomic mass is 16.5. The van der Waals surface area contributed by atoms with E-state index < -0.39 is 5.97 Å². The first-order valence-electron chi connectivity index (χ1n) is 7.57. The van der Waals surface area contributed by atoms with Gasteiger partial charge in [-0.2, -0.15) is 0 Å². The molecule has 3 N–H and O–H groups in total. The number of hydrogen-bond acceptors (Lipinski definition) is 5. The van der Waals surface area contributed by atoms with Gasteiger partial charge in [-0.05, 0) is 48.9 Å². The van der Waals surface area contributed by atoms with Gasteiger partial charge in [-0.1, -0.05) is 6.92 Å². The number of anilines is 2. The van der Waals surface area contributed by atoms with Crippen molar-refractivity contribution in [3.63, 3.8) is 0 Å². The highest BCUT2D eigenvalue weighted by Crippen LogP contribution is 2.23. The Bertz CT molecular complexity index is 726. The van der Waals surface area contributed by atoms with E-state index in [4.69, 9.17) is 10.5 Å². The maximum atomic E-state index is 12.3. The third kappa shape index (κ3) is 4.25. The molecule has 0 atom stereocenters. The average molecular weight is 328 g/mol. The highest BCUT2D eigenvalue weighted by Gasteiger charge is 2.10. The van der Waals surface area contributed by atoms with Gasteiger partial charge in [-0.25, -0.2) is 4.79 Å². The number of rotatable bonds is 6. The summed E-state index contributed by atoms with van der Waals surface area (Å²) in [5.41, 5.74) is 7.73. The Kier molecular flexibility index (Phi) is 5.78. The zero-order valence-corrected chi connectivity index (χ0v) is 13.7. The number of carbonyl (C=O) groups is 2. The third-order valence-electron chi connectivity index (χ3n) is 3.30. The van der Waals surface area contributed by atoms with Crippen molar-refractivity contribution < 1.29 is 19.1 Å². The summed E-state index contributed by atoms with van der Waals surface area (Å²) >= 11 is 0. The number of ether oxygens (including phenoxy) is 2. The molecule has 1 amide bonds. The maximum Gasteiger partial charge on any atom is 0.337 e. The van der Waals surface area contributed by atoms with E-state index in [9.17, 15) is 9.59 Å². The summed E-state index contributed by atoms with van der Waals surface area (Å²) in [7, 11) is 1.32. The summed E-state index contributed by atoms with van der Waals surface area (Å²) in [6.07, 6.45) is 0.878. The van der Waals surface area contributed by atoms with Crippen LogP contribution < -0.4 is 15.8 Å². The van der Waals surface area contributed by atoms with Crippen molar-refractivity contribution >= 4 is 23.3 Å². The van der Waals surface area contributed by atoms with E-state index in [0.29, 0.717) is 34.9 Å². The quantitative estimate of drug-likeness (QED) is 0.628. The van der Waals surface area contributed by atoms with Gasteiger partial charge in [-0.3, -0.25) is 4.79 Å². The lowest BCUT2D eigenvalue weighted by Crippen LogP contribution is -2.13. The second kappa shape index (κ2) is 8.01. The molecule has 0 aliphatic heterocycles. The topological polar surface area (TPSA) is 90.6 Å². The van der Waals surface area contributed by atoms with Gasteiger partial charge >= 0.3 is 5.97 Å². The summed E-state index contributed by atoms with van der Waals surface area (Å²) in [5, 5.41) is 2.74. The fourth-order valence-electron chi connectivity index (χ4n) is 2.04. The van der Waals surface area contributed by atoms with Crippen LogP contribution in [0.5, 0.6) is 5.75 Å². The molecule has 6 nitrogen and oxygen atoms in total. The smallest absolute Gasteiger partial charge is 0.337 e. The first-order chi connectivity index (χ1) is 11.5. The molecule has 0 unspecified atom stereocenters. The minimum Gasteiger partial charge on any atom is -0.491 e. The Morgan fingerprint density at radius 1 is 1.08 bits per heavy atom. The number of nitrogens with one attached hydrogen (secondary N) is 1. The van der Waals surface area contributed by atoms with Gasteiger partial charge in [0, 0.05) is 11.3 Å². The molecule has 0 aromatic heterocycles. The Labute approximate surface area is 140 Å². The predicted octanol–water partition coefficient (Wildman–Crippen LogP) is 3.10. The van der Waals surface area contributed by atoms with E-state index in [1.807, 2.05) is 6.92 Å². The van der Waals surface area contributed by atoms with Crippen molar-refractivity contribution in [1.82, 2.24) is 0 Å². The van der Waals surface area contributed by atoms with E-state index >= 15 is 0 Å². The normalized spacial score (nSPS) is 10.1. The molecule has 0 heterocycles. The van der Waals surface area contributed by atoms with Gasteiger partial charge in [0.05, 0.1) is 25.0 Å². The zero-order chi connectivity index (χ0) is 17.5. The molecular formula is C18H20N2O4. The van der Waals surface area contributed by atoms with Gasteiger partial charge in [0.1, 0.15) is 5.75 Å². The van der Waals surface area contributed by atoms with Crippen molar-refractivity contribution in [3.8, 4) is 5.75 Å². The standard InChI is InChI=1S/C18H20N2O4/c1-3-10-24-16-9-6-13(11-15(16)19)17(21)20-14-7-4-12(5-8-14)18(22)23-2/h4-9,11H,3,10,19H2,1-2H3,(H,20,21).